The van der Waals surface area contributed by atoms with Crippen molar-refractivity contribution in [3.05, 3.63) is 18.3 Å². The van der Waals surface area contributed by atoms with E-state index in [1.165, 1.54) is 13.2 Å². The fourth-order valence-corrected chi connectivity index (χ4v) is 3.15. The van der Waals surface area contributed by atoms with E-state index in [2.05, 4.69) is 19.9 Å². The maximum absolute atomic E-state index is 11.6. The Morgan fingerprint density at radius 3 is 2.64 bits per heavy atom. The molecular weight excluding hydrogens is 304 g/mol. The smallest absolute Gasteiger partial charge is 0.241 e. The number of nitrogens with one attached hydrogen (secondary N) is 2. The number of hydrogen-bond donors (Lipinski definition) is 2. The highest BCUT2D eigenvalue weighted by Crippen LogP contribution is 2.16. The van der Waals surface area contributed by atoms with Gasteiger partial charge in [-0.1, -0.05) is 0 Å². The number of nitrogens with zero attached hydrogens (tertiary/aromatic N) is 2. The predicted molar refractivity (Wildman–Crippen MR) is 85.4 cm³/mol. The standard InChI is InChI=1S/C14H24N4O3S/c1-15-22(19,20)13-3-4-14(16-11-13)17-12-5-7-18(8-6-12)9-10-21-2/h3-4,11-12,15H,5-10H2,1-2H3,(H,16,17). The van der Waals surface area contributed by atoms with Gasteiger partial charge in [0.05, 0.1) is 6.61 Å². The molecule has 0 unspecified atom stereocenters. The highest BCUT2D eigenvalue weighted by Gasteiger charge is 2.19. The van der Waals surface area contributed by atoms with Crippen molar-refractivity contribution in [3.63, 3.8) is 0 Å². The highest BCUT2D eigenvalue weighted by molar-refractivity contribution is 7.89. The van der Waals surface area contributed by atoms with Crippen LogP contribution >= 0.6 is 0 Å². The molecule has 0 aliphatic carbocycles. The second-order valence-corrected chi connectivity index (χ2v) is 7.23. The molecule has 1 aromatic heterocycles. The topological polar surface area (TPSA) is 83.6 Å². The Morgan fingerprint density at radius 1 is 1.36 bits per heavy atom. The molecule has 1 aromatic rings. The van der Waals surface area contributed by atoms with Gasteiger partial charge in [0.25, 0.3) is 0 Å². The molecule has 1 fully saturated rings. The van der Waals surface area contributed by atoms with Gasteiger partial charge in [0.2, 0.25) is 10.0 Å². The Labute approximate surface area is 132 Å². The summed E-state index contributed by atoms with van der Waals surface area (Å²) in [6, 6.07) is 3.65. The monoisotopic (exact) mass is 328 g/mol. The van der Waals surface area contributed by atoms with Crippen molar-refractivity contribution in [1.82, 2.24) is 14.6 Å². The molecule has 7 nitrogen and oxygen atoms in total. The van der Waals surface area contributed by atoms with Gasteiger partial charge in [-0.25, -0.2) is 18.1 Å². The number of rotatable bonds is 7. The van der Waals surface area contributed by atoms with Crippen LogP contribution < -0.4 is 10.0 Å². The molecule has 0 radical (unpaired) electrons. The van der Waals surface area contributed by atoms with Gasteiger partial charge < -0.3 is 15.0 Å². The third kappa shape index (κ3) is 4.64. The van der Waals surface area contributed by atoms with Crippen LogP contribution in [0.25, 0.3) is 0 Å². The Balaban J connectivity index is 1.85. The average molecular weight is 328 g/mol. The maximum Gasteiger partial charge on any atom is 0.241 e. The quantitative estimate of drug-likeness (QED) is 0.759. The molecular formula is C14H24N4O3S. The summed E-state index contributed by atoms with van der Waals surface area (Å²) in [5.41, 5.74) is 0. The van der Waals surface area contributed by atoms with E-state index in [9.17, 15) is 8.42 Å². The SMILES string of the molecule is CNS(=O)(=O)c1ccc(NC2CCN(CCOC)CC2)nc1. The molecule has 2 heterocycles. The van der Waals surface area contributed by atoms with E-state index in [1.807, 2.05) is 0 Å². The van der Waals surface area contributed by atoms with Crippen molar-refractivity contribution in [3.8, 4) is 0 Å². The molecule has 2 N–H and O–H groups in total. The fraction of sp³-hybridized carbons (Fsp3) is 0.643. The average Bonchev–Trinajstić information content (AvgIpc) is 2.55. The summed E-state index contributed by atoms with van der Waals surface area (Å²) in [4.78, 5) is 6.75. The van der Waals surface area contributed by atoms with Gasteiger partial charge in [-0.15, -0.1) is 0 Å². The van der Waals surface area contributed by atoms with Crippen LogP contribution in [0.2, 0.25) is 0 Å². The first-order valence-corrected chi connectivity index (χ1v) is 8.91. The fourth-order valence-electron chi connectivity index (χ4n) is 2.47. The lowest BCUT2D eigenvalue weighted by molar-refractivity contribution is 0.132. The van der Waals surface area contributed by atoms with Crippen molar-refractivity contribution in [1.29, 1.82) is 0 Å². The molecule has 1 aliphatic heterocycles. The Morgan fingerprint density at radius 2 is 2.09 bits per heavy atom. The van der Waals surface area contributed by atoms with E-state index in [1.54, 1.807) is 19.2 Å². The number of likely N-dealkylation sites (tertiary alicyclic amines) is 1. The second-order valence-electron chi connectivity index (χ2n) is 5.34. The van der Waals surface area contributed by atoms with E-state index >= 15 is 0 Å². The van der Waals surface area contributed by atoms with Crippen LogP contribution in [0.1, 0.15) is 12.8 Å². The number of hydrogen-bond acceptors (Lipinski definition) is 6. The van der Waals surface area contributed by atoms with Crippen LogP contribution in [-0.2, 0) is 14.8 Å². The van der Waals surface area contributed by atoms with Gasteiger partial charge in [0.1, 0.15) is 10.7 Å². The van der Waals surface area contributed by atoms with Gasteiger partial charge in [0.15, 0.2) is 0 Å². The van der Waals surface area contributed by atoms with Crippen LogP contribution in [0.15, 0.2) is 23.2 Å². The lowest BCUT2D eigenvalue weighted by atomic mass is 10.1. The zero-order chi connectivity index (χ0) is 16.0. The van der Waals surface area contributed by atoms with E-state index in [0.29, 0.717) is 11.9 Å². The van der Waals surface area contributed by atoms with Crippen LogP contribution in [0.3, 0.4) is 0 Å². The van der Waals surface area contributed by atoms with E-state index in [4.69, 9.17) is 4.74 Å². The molecule has 0 aromatic carbocycles. The Kier molecular flexibility index (Phi) is 6.13. The minimum atomic E-state index is -3.42. The first kappa shape index (κ1) is 17.1. The lowest BCUT2D eigenvalue weighted by Gasteiger charge is -2.32. The minimum Gasteiger partial charge on any atom is -0.383 e. The summed E-state index contributed by atoms with van der Waals surface area (Å²) in [7, 11) is -0.315. The zero-order valence-electron chi connectivity index (χ0n) is 13.1. The zero-order valence-corrected chi connectivity index (χ0v) is 13.9. The number of anilines is 1. The largest absolute Gasteiger partial charge is 0.383 e. The Bertz CT molecular complexity index is 554. The van der Waals surface area contributed by atoms with Crippen molar-refractivity contribution in [2.45, 2.75) is 23.8 Å². The van der Waals surface area contributed by atoms with Crippen molar-refractivity contribution >= 4 is 15.8 Å². The maximum atomic E-state index is 11.6. The normalized spacial score (nSPS) is 17.5. The van der Waals surface area contributed by atoms with Crippen LogP contribution in [0, 0.1) is 0 Å². The number of pyridine rings is 1. The predicted octanol–water partition coefficient (Wildman–Crippen LogP) is 0.512. The summed E-state index contributed by atoms with van der Waals surface area (Å²) in [6.45, 7) is 3.81. The molecule has 0 atom stereocenters. The molecule has 22 heavy (non-hydrogen) atoms. The van der Waals surface area contributed by atoms with Crippen molar-refractivity contribution in [2.24, 2.45) is 0 Å². The van der Waals surface area contributed by atoms with E-state index in [0.717, 1.165) is 39.1 Å². The van der Waals surface area contributed by atoms with Gasteiger partial charge in [-0.2, -0.15) is 0 Å². The second kappa shape index (κ2) is 7.87. The highest BCUT2D eigenvalue weighted by atomic mass is 32.2. The lowest BCUT2D eigenvalue weighted by Crippen LogP contribution is -2.40. The molecule has 0 saturated carbocycles. The van der Waals surface area contributed by atoms with E-state index < -0.39 is 10.0 Å². The Hall–Kier alpha value is -1.22. The molecule has 1 saturated heterocycles. The van der Waals surface area contributed by atoms with Gasteiger partial charge in [-0.3, -0.25) is 0 Å². The number of sulfonamides is 1. The summed E-state index contributed by atoms with van der Waals surface area (Å²) in [6.07, 6.45) is 3.46. The molecule has 0 amide bonds. The van der Waals surface area contributed by atoms with Crippen molar-refractivity contribution < 1.29 is 13.2 Å². The number of ether oxygens (including phenoxy) is 1. The molecule has 8 heteroatoms. The third-order valence-corrected chi connectivity index (χ3v) is 5.27. The summed E-state index contributed by atoms with van der Waals surface area (Å²) >= 11 is 0. The van der Waals surface area contributed by atoms with Crippen LogP contribution in [0.5, 0.6) is 0 Å². The van der Waals surface area contributed by atoms with Crippen LogP contribution in [-0.4, -0.2) is 64.7 Å². The minimum absolute atomic E-state index is 0.176. The molecule has 0 bridgehead atoms. The van der Waals surface area contributed by atoms with Crippen molar-refractivity contribution in [2.75, 3.05) is 45.7 Å². The van der Waals surface area contributed by atoms with Gasteiger partial charge >= 0.3 is 0 Å². The first-order chi connectivity index (χ1) is 10.5. The van der Waals surface area contributed by atoms with Crippen LogP contribution in [0.4, 0.5) is 5.82 Å². The van der Waals surface area contributed by atoms with E-state index in [-0.39, 0.29) is 4.90 Å². The van der Waals surface area contributed by atoms with Gasteiger partial charge in [-0.05, 0) is 32.0 Å². The molecule has 2 rings (SSSR count). The summed E-state index contributed by atoms with van der Waals surface area (Å²) in [5, 5.41) is 3.37. The molecule has 1 aliphatic rings. The molecule has 0 spiro atoms. The summed E-state index contributed by atoms with van der Waals surface area (Å²) < 4.78 is 30.6. The number of methoxy groups -OCH3 is 1. The molecule has 124 valence electrons. The van der Waals surface area contributed by atoms with Gasteiger partial charge in [0, 0.05) is 39.0 Å². The number of piperidine rings is 1. The summed E-state index contributed by atoms with van der Waals surface area (Å²) in [5.74, 6) is 0.713. The third-order valence-electron chi connectivity index (χ3n) is 3.87. The number of aromatic nitrogens is 1. The first-order valence-electron chi connectivity index (χ1n) is 7.42.